The van der Waals surface area contributed by atoms with Crippen molar-refractivity contribution in [3.63, 3.8) is 0 Å². The molecule has 0 N–H and O–H groups in total. The Hall–Kier alpha value is -1.31. The average molecular weight is 190 g/mol. The smallest absolute Gasteiger partial charge is 0.338 e. The second-order valence-electron chi connectivity index (χ2n) is 4.66. The van der Waals surface area contributed by atoms with Gasteiger partial charge in [-0.25, -0.2) is 4.79 Å². The lowest BCUT2D eigenvalue weighted by atomic mass is 9.83. The topological polar surface area (TPSA) is 26.3 Å². The number of ether oxygens (including phenoxy) is 1. The van der Waals surface area contributed by atoms with E-state index in [2.05, 4.69) is 26.8 Å². The third kappa shape index (κ3) is 1.31. The van der Waals surface area contributed by atoms with E-state index in [0.29, 0.717) is 6.61 Å². The minimum absolute atomic E-state index is 0.0688. The number of fused-ring (bicyclic) bond motifs is 1. The van der Waals surface area contributed by atoms with Crippen LogP contribution in [0.25, 0.3) is 0 Å². The molecular formula is C12H14O2. The molecule has 0 radical (unpaired) electrons. The maximum Gasteiger partial charge on any atom is 0.338 e. The van der Waals surface area contributed by atoms with Gasteiger partial charge in [0.15, 0.2) is 0 Å². The van der Waals surface area contributed by atoms with Crippen LogP contribution < -0.4 is 0 Å². The molecule has 0 spiro atoms. The van der Waals surface area contributed by atoms with Crippen LogP contribution in [-0.2, 0) is 16.8 Å². The average Bonchev–Trinajstić information content (AvgIpc) is 2.46. The molecule has 14 heavy (non-hydrogen) atoms. The van der Waals surface area contributed by atoms with E-state index < -0.39 is 0 Å². The highest BCUT2D eigenvalue weighted by molar-refractivity contribution is 5.93. The zero-order valence-electron chi connectivity index (χ0n) is 8.76. The van der Waals surface area contributed by atoms with Crippen LogP contribution in [0.4, 0.5) is 0 Å². The van der Waals surface area contributed by atoms with Crippen LogP contribution >= 0.6 is 0 Å². The summed E-state index contributed by atoms with van der Waals surface area (Å²) in [5.74, 6) is -0.189. The van der Waals surface area contributed by atoms with Crippen molar-refractivity contribution in [1.29, 1.82) is 0 Å². The van der Waals surface area contributed by atoms with E-state index in [1.165, 1.54) is 5.56 Å². The third-order valence-electron chi connectivity index (χ3n) is 2.55. The molecule has 1 heterocycles. The maximum atomic E-state index is 11.3. The number of esters is 1. The van der Waals surface area contributed by atoms with Crippen LogP contribution in [0.2, 0.25) is 0 Å². The number of carbonyl (C=O) groups excluding carboxylic acids is 1. The molecule has 1 aliphatic rings. The molecule has 0 aromatic heterocycles. The largest absolute Gasteiger partial charge is 0.457 e. The molecule has 0 fully saturated rings. The van der Waals surface area contributed by atoms with Crippen molar-refractivity contribution in [1.82, 2.24) is 0 Å². The lowest BCUT2D eigenvalue weighted by Crippen LogP contribution is -2.14. The quantitative estimate of drug-likeness (QED) is 0.588. The summed E-state index contributed by atoms with van der Waals surface area (Å²) in [6.07, 6.45) is 0. The van der Waals surface area contributed by atoms with Crippen molar-refractivity contribution in [2.24, 2.45) is 0 Å². The highest BCUT2D eigenvalue weighted by Gasteiger charge is 2.27. The molecule has 0 unspecified atom stereocenters. The molecule has 2 rings (SSSR count). The van der Waals surface area contributed by atoms with E-state index in [1.54, 1.807) is 0 Å². The van der Waals surface area contributed by atoms with Crippen molar-refractivity contribution in [3.05, 3.63) is 34.9 Å². The number of carbonyl (C=O) groups is 1. The molecule has 1 aromatic carbocycles. The second kappa shape index (κ2) is 2.84. The Kier molecular flexibility index (Phi) is 1.88. The van der Waals surface area contributed by atoms with Crippen LogP contribution in [0, 0.1) is 0 Å². The highest BCUT2D eigenvalue weighted by atomic mass is 16.5. The van der Waals surface area contributed by atoms with E-state index in [1.807, 2.05) is 12.1 Å². The fraction of sp³-hybridized carbons (Fsp3) is 0.417. The summed E-state index contributed by atoms with van der Waals surface area (Å²) in [7, 11) is 0. The van der Waals surface area contributed by atoms with Crippen molar-refractivity contribution in [2.45, 2.75) is 32.8 Å². The van der Waals surface area contributed by atoms with E-state index in [0.717, 1.165) is 11.1 Å². The molecular weight excluding hydrogens is 176 g/mol. The summed E-state index contributed by atoms with van der Waals surface area (Å²) in [5, 5.41) is 0. The van der Waals surface area contributed by atoms with Gasteiger partial charge in [-0.1, -0.05) is 32.9 Å². The lowest BCUT2D eigenvalue weighted by Gasteiger charge is -2.21. The number of hydrogen-bond donors (Lipinski definition) is 0. The molecule has 0 saturated heterocycles. The van der Waals surface area contributed by atoms with Crippen LogP contribution in [-0.4, -0.2) is 5.97 Å². The maximum absolute atomic E-state index is 11.3. The Morgan fingerprint density at radius 1 is 1.29 bits per heavy atom. The van der Waals surface area contributed by atoms with Crippen LogP contribution in [0.5, 0.6) is 0 Å². The van der Waals surface area contributed by atoms with Gasteiger partial charge in [0.1, 0.15) is 6.61 Å². The Morgan fingerprint density at radius 3 is 2.64 bits per heavy atom. The molecule has 0 bridgehead atoms. The molecule has 1 aliphatic heterocycles. The van der Waals surface area contributed by atoms with Crippen LogP contribution in [0.1, 0.15) is 42.3 Å². The van der Waals surface area contributed by atoms with Crippen molar-refractivity contribution < 1.29 is 9.53 Å². The van der Waals surface area contributed by atoms with E-state index in [4.69, 9.17) is 4.74 Å². The van der Waals surface area contributed by atoms with Gasteiger partial charge in [-0.15, -0.1) is 0 Å². The first-order valence-electron chi connectivity index (χ1n) is 4.79. The Labute approximate surface area is 83.9 Å². The van der Waals surface area contributed by atoms with Gasteiger partial charge in [0.25, 0.3) is 0 Å². The monoisotopic (exact) mass is 190 g/mol. The number of hydrogen-bond acceptors (Lipinski definition) is 2. The predicted octanol–water partition coefficient (Wildman–Crippen LogP) is 2.65. The fourth-order valence-corrected chi connectivity index (χ4v) is 1.85. The van der Waals surface area contributed by atoms with Gasteiger partial charge in [0, 0.05) is 5.56 Å². The molecule has 2 nitrogen and oxygen atoms in total. The number of rotatable bonds is 0. The third-order valence-corrected chi connectivity index (χ3v) is 2.55. The van der Waals surface area contributed by atoms with Crippen LogP contribution in [0.15, 0.2) is 18.2 Å². The van der Waals surface area contributed by atoms with Crippen molar-refractivity contribution in [2.75, 3.05) is 0 Å². The molecule has 0 atom stereocenters. The zero-order valence-corrected chi connectivity index (χ0v) is 8.76. The first-order valence-corrected chi connectivity index (χ1v) is 4.79. The van der Waals surface area contributed by atoms with Crippen molar-refractivity contribution >= 4 is 5.97 Å². The molecule has 1 aromatic rings. The summed E-state index contributed by atoms with van der Waals surface area (Å²) < 4.78 is 5.02. The zero-order chi connectivity index (χ0) is 10.3. The van der Waals surface area contributed by atoms with E-state index in [-0.39, 0.29) is 11.4 Å². The molecule has 0 amide bonds. The van der Waals surface area contributed by atoms with Gasteiger partial charge in [-0.2, -0.15) is 0 Å². The summed E-state index contributed by atoms with van der Waals surface area (Å²) in [4.78, 5) is 11.3. The fourth-order valence-electron chi connectivity index (χ4n) is 1.85. The minimum Gasteiger partial charge on any atom is -0.457 e. The highest BCUT2D eigenvalue weighted by Crippen LogP contribution is 2.31. The first-order chi connectivity index (χ1) is 6.50. The summed E-state index contributed by atoms with van der Waals surface area (Å²) in [5.41, 5.74) is 3.07. The minimum atomic E-state index is -0.189. The number of benzene rings is 1. The summed E-state index contributed by atoms with van der Waals surface area (Å²) in [6.45, 7) is 6.86. The summed E-state index contributed by atoms with van der Waals surface area (Å²) >= 11 is 0. The van der Waals surface area contributed by atoms with E-state index >= 15 is 0 Å². The van der Waals surface area contributed by atoms with Gasteiger partial charge < -0.3 is 4.74 Å². The second-order valence-corrected chi connectivity index (χ2v) is 4.66. The standard InChI is InChI=1S/C12H14O2/c1-12(2,3)10-6-4-5-8-9(10)7-14-11(8)13/h4-6H,7H2,1-3H3. The Balaban J connectivity index is 2.60. The van der Waals surface area contributed by atoms with E-state index in [9.17, 15) is 4.79 Å². The normalized spacial score (nSPS) is 15.2. The predicted molar refractivity (Wildman–Crippen MR) is 54.3 cm³/mol. The lowest BCUT2D eigenvalue weighted by molar-refractivity contribution is 0.0534. The molecule has 0 aliphatic carbocycles. The Morgan fingerprint density at radius 2 is 2.00 bits per heavy atom. The Bertz CT molecular complexity index is 386. The van der Waals surface area contributed by atoms with Crippen LogP contribution in [0.3, 0.4) is 0 Å². The van der Waals surface area contributed by atoms with Gasteiger partial charge in [0.05, 0.1) is 5.56 Å². The molecule has 74 valence electrons. The molecule has 2 heteroatoms. The molecule has 0 saturated carbocycles. The van der Waals surface area contributed by atoms with Gasteiger partial charge >= 0.3 is 5.97 Å². The first kappa shape index (κ1) is 9.25. The van der Waals surface area contributed by atoms with Gasteiger partial charge in [-0.05, 0) is 17.0 Å². The van der Waals surface area contributed by atoms with Crippen molar-refractivity contribution in [3.8, 4) is 0 Å². The number of cyclic esters (lactones) is 1. The van der Waals surface area contributed by atoms with Gasteiger partial charge in [0.2, 0.25) is 0 Å². The SMILES string of the molecule is CC(C)(C)c1cccc2c1COC2=O. The summed E-state index contributed by atoms with van der Waals surface area (Å²) in [6, 6.07) is 5.83. The van der Waals surface area contributed by atoms with Gasteiger partial charge in [-0.3, -0.25) is 0 Å².